The van der Waals surface area contributed by atoms with Gasteiger partial charge in [0.1, 0.15) is 28.3 Å². The molecule has 0 amide bonds. The van der Waals surface area contributed by atoms with Crippen molar-refractivity contribution in [1.29, 1.82) is 0 Å². The molecule has 0 spiro atoms. The zero-order chi connectivity index (χ0) is 32.8. The van der Waals surface area contributed by atoms with Crippen molar-refractivity contribution in [3.05, 3.63) is 153 Å². The number of carbonyl (C=O) groups excluding carboxylic acids is 2. The highest BCUT2D eigenvalue weighted by molar-refractivity contribution is 7.17. The number of fused-ring (bicyclic) bond motifs is 4. The van der Waals surface area contributed by atoms with Gasteiger partial charge in [0.15, 0.2) is 11.6 Å². The molecule has 1 aliphatic carbocycles. The van der Waals surface area contributed by atoms with E-state index in [0.717, 1.165) is 16.1 Å². The summed E-state index contributed by atoms with van der Waals surface area (Å²) in [5.41, 5.74) is 2.89. The Hall–Kier alpha value is -5.34. The van der Waals surface area contributed by atoms with Crippen LogP contribution in [0.1, 0.15) is 50.6 Å². The quantitative estimate of drug-likeness (QED) is 0.109. The molecule has 1 aliphatic heterocycles. The van der Waals surface area contributed by atoms with Gasteiger partial charge in [0.05, 0.1) is 22.5 Å². The second kappa shape index (κ2) is 10.3. The Morgan fingerprint density at radius 1 is 0.660 bits per heavy atom. The molecule has 0 saturated carbocycles. The molecule has 8 heteroatoms. The van der Waals surface area contributed by atoms with Crippen LogP contribution in [0.3, 0.4) is 0 Å². The van der Waals surface area contributed by atoms with Crippen LogP contribution in [-0.2, 0) is 5.41 Å². The van der Waals surface area contributed by atoms with Gasteiger partial charge < -0.3 is 4.90 Å². The molecular weight excluding hydrogens is 622 g/mol. The fourth-order valence-corrected chi connectivity index (χ4v) is 8.06. The maximum atomic E-state index is 15.0. The highest BCUT2D eigenvalue weighted by Gasteiger charge is 2.40. The molecule has 1 aromatic heterocycles. The van der Waals surface area contributed by atoms with E-state index < -0.39 is 22.9 Å². The van der Waals surface area contributed by atoms with Crippen LogP contribution in [0.15, 0.2) is 103 Å². The number of ketones is 2. The van der Waals surface area contributed by atoms with Crippen LogP contribution in [-0.4, -0.2) is 11.6 Å². The molecule has 5 aromatic carbocycles. The summed E-state index contributed by atoms with van der Waals surface area (Å²) in [6, 6.07) is 25.2. The zero-order valence-electron chi connectivity index (χ0n) is 25.0. The number of carbonyl (C=O) groups is 2. The van der Waals surface area contributed by atoms with Gasteiger partial charge in [-0.05, 0) is 53.1 Å². The van der Waals surface area contributed by atoms with E-state index in [9.17, 15) is 22.8 Å². The maximum Gasteiger partial charge on any atom is 0.197 e. The standard InChI is InChI=1S/C39H23F4NO2S/c1-39(2)28-15-20(35-31(42)16-21(40)17-32(35)43)11-13-34(28)44(33-14-12-30(41)23-7-3-4-8-24(23)33)38-29(39)19-22(47-38)18-27-36(45)25-9-5-6-10-26(25)37(27)46/h3-19H,1-2H3. The molecule has 0 unspecified atom stereocenters. The number of hydrogen-bond acceptors (Lipinski definition) is 4. The van der Waals surface area contributed by atoms with Gasteiger partial charge in [0.2, 0.25) is 0 Å². The fourth-order valence-electron chi connectivity index (χ4n) is 6.77. The van der Waals surface area contributed by atoms with Gasteiger partial charge in [0.25, 0.3) is 0 Å². The van der Waals surface area contributed by atoms with Gasteiger partial charge in [-0.3, -0.25) is 9.59 Å². The Bertz CT molecular complexity index is 2330. The molecule has 47 heavy (non-hydrogen) atoms. The number of halogens is 4. The van der Waals surface area contributed by atoms with E-state index >= 15 is 4.39 Å². The van der Waals surface area contributed by atoms with Crippen molar-refractivity contribution in [2.45, 2.75) is 19.3 Å². The van der Waals surface area contributed by atoms with Crippen molar-refractivity contribution < 1.29 is 27.2 Å². The molecule has 6 aromatic rings. The molecule has 0 saturated heterocycles. The average Bonchev–Trinajstić information content (AvgIpc) is 3.58. The van der Waals surface area contributed by atoms with Crippen molar-refractivity contribution in [3.63, 3.8) is 0 Å². The second-order valence-electron chi connectivity index (χ2n) is 12.2. The summed E-state index contributed by atoms with van der Waals surface area (Å²) in [5, 5.41) is 1.85. The summed E-state index contributed by atoms with van der Waals surface area (Å²) in [6.45, 7) is 3.97. The first-order valence-corrected chi connectivity index (χ1v) is 15.7. The summed E-state index contributed by atoms with van der Waals surface area (Å²) in [6.07, 6.45) is 1.62. The lowest BCUT2D eigenvalue weighted by Crippen LogP contribution is -2.29. The van der Waals surface area contributed by atoms with Crippen LogP contribution in [0.4, 0.5) is 33.9 Å². The normalized spacial score (nSPS) is 14.8. The molecule has 0 bridgehead atoms. The van der Waals surface area contributed by atoms with Gasteiger partial charge in [-0.2, -0.15) is 0 Å². The molecular formula is C39H23F4NO2S. The van der Waals surface area contributed by atoms with E-state index in [2.05, 4.69) is 0 Å². The number of anilines is 3. The number of nitrogens with zero attached hydrogens (tertiary/aromatic N) is 1. The smallest absolute Gasteiger partial charge is 0.197 e. The van der Waals surface area contributed by atoms with Gasteiger partial charge in [-0.25, -0.2) is 17.6 Å². The topological polar surface area (TPSA) is 37.4 Å². The van der Waals surface area contributed by atoms with Gasteiger partial charge in [-0.15, -0.1) is 11.3 Å². The number of thiophene rings is 1. The van der Waals surface area contributed by atoms with Gasteiger partial charge in [0, 0.05) is 44.3 Å². The zero-order valence-corrected chi connectivity index (χ0v) is 25.8. The summed E-state index contributed by atoms with van der Waals surface area (Å²) in [7, 11) is 0. The number of Topliss-reactive ketones (excluding diaryl/α,β-unsaturated/α-hetero) is 2. The Balaban J connectivity index is 1.37. The molecule has 3 nitrogen and oxygen atoms in total. The first-order chi connectivity index (χ1) is 22.5. The van der Waals surface area contributed by atoms with Crippen molar-refractivity contribution in [1.82, 2.24) is 0 Å². The van der Waals surface area contributed by atoms with Crippen LogP contribution < -0.4 is 4.90 Å². The largest absolute Gasteiger partial charge is 0.301 e. The summed E-state index contributed by atoms with van der Waals surface area (Å²) in [4.78, 5) is 29.2. The predicted octanol–water partition coefficient (Wildman–Crippen LogP) is 10.7. The monoisotopic (exact) mass is 645 g/mol. The van der Waals surface area contributed by atoms with E-state index in [4.69, 9.17) is 0 Å². The Kier molecular flexibility index (Phi) is 6.40. The first kappa shape index (κ1) is 29.1. The minimum atomic E-state index is -1.02. The van der Waals surface area contributed by atoms with E-state index in [0.29, 0.717) is 50.3 Å². The summed E-state index contributed by atoms with van der Waals surface area (Å²) < 4.78 is 58.8. The first-order valence-electron chi connectivity index (χ1n) is 14.9. The van der Waals surface area contributed by atoms with Crippen LogP contribution in [0, 0.1) is 23.3 Å². The number of allylic oxidation sites excluding steroid dienone is 1. The maximum absolute atomic E-state index is 15.0. The molecule has 2 aliphatic rings. The molecule has 0 atom stereocenters. The van der Waals surface area contributed by atoms with Crippen LogP contribution in [0.25, 0.3) is 28.0 Å². The summed E-state index contributed by atoms with van der Waals surface area (Å²) >= 11 is 1.38. The van der Waals surface area contributed by atoms with Crippen LogP contribution in [0.5, 0.6) is 0 Å². The van der Waals surface area contributed by atoms with Crippen molar-refractivity contribution in [3.8, 4) is 11.1 Å². The number of rotatable bonds is 3. The van der Waals surface area contributed by atoms with Gasteiger partial charge >= 0.3 is 0 Å². The van der Waals surface area contributed by atoms with Gasteiger partial charge in [-0.1, -0.05) is 68.4 Å². The Morgan fingerprint density at radius 2 is 1.28 bits per heavy atom. The highest BCUT2D eigenvalue weighted by atomic mass is 32.1. The molecule has 0 radical (unpaired) electrons. The number of hydrogen-bond donors (Lipinski definition) is 0. The third-order valence-electron chi connectivity index (χ3n) is 9.10. The minimum absolute atomic E-state index is 0.0726. The third kappa shape index (κ3) is 4.32. The van der Waals surface area contributed by atoms with Crippen LogP contribution in [0.2, 0.25) is 0 Å². The lowest BCUT2D eigenvalue weighted by atomic mass is 9.74. The fraction of sp³-hybridized carbons (Fsp3) is 0.0769. The lowest BCUT2D eigenvalue weighted by molar-refractivity contribution is 0.0990. The van der Waals surface area contributed by atoms with E-state index in [1.165, 1.54) is 17.4 Å². The van der Waals surface area contributed by atoms with E-state index in [1.807, 2.05) is 36.9 Å². The summed E-state index contributed by atoms with van der Waals surface area (Å²) in [5.74, 6) is -4.11. The van der Waals surface area contributed by atoms with E-state index in [1.54, 1.807) is 66.7 Å². The lowest BCUT2D eigenvalue weighted by Gasteiger charge is -2.40. The average molecular weight is 646 g/mol. The SMILES string of the molecule is CC1(C)c2cc(-c3c(F)cc(F)cc3F)ccc2N(c2ccc(F)c3ccccc23)c2sc(C=C3C(=O)c4ccccc4C3=O)cc21. The Labute approximate surface area is 271 Å². The Morgan fingerprint density at radius 3 is 1.96 bits per heavy atom. The molecule has 230 valence electrons. The highest BCUT2D eigenvalue weighted by Crippen LogP contribution is 2.57. The minimum Gasteiger partial charge on any atom is -0.301 e. The van der Waals surface area contributed by atoms with Crippen molar-refractivity contribution in [2.24, 2.45) is 0 Å². The molecule has 8 rings (SSSR count). The second-order valence-corrected chi connectivity index (χ2v) is 13.2. The third-order valence-corrected chi connectivity index (χ3v) is 10.2. The molecule has 2 heterocycles. The molecule has 0 N–H and O–H groups in total. The molecule has 0 fully saturated rings. The van der Waals surface area contributed by atoms with Crippen LogP contribution >= 0.6 is 11.3 Å². The van der Waals surface area contributed by atoms with Crippen molar-refractivity contribution in [2.75, 3.05) is 4.90 Å². The van der Waals surface area contributed by atoms with Crippen molar-refractivity contribution >= 4 is 56.1 Å². The van der Waals surface area contributed by atoms with E-state index in [-0.39, 0.29) is 34.1 Å². The number of benzene rings is 5. The predicted molar refractivity (Wildman–Crippen MR) is 177 cm³/mol.